The van der Waals surface area contributed by atoms with Crippen LogP contribution < -0.4 is 10.6 Å². The number of rotatable bonds is 3. The van der Waals surface area contributed by atoms with Crippen LogP contribution in [0.3, 0.4) is 0 Å². The second-order valence-corrected chi connectivity index (χ2v) is 5.70. The first kappa shape index (κ1) is 13.9. The van der Waals surface area contributed by atoms with Crippen LogP contribution in [0, 0.1) is 0 Å². The fourth-order valence-electron chi connectivity index (χ4n) is 3.02. The lowest BCUT2D eigenvalue weighted by Gasteiger charge is -2.41. The number of pyridine rings is 1. The molecule has 1 saturated heterocycles. The molecule has 1 aromatic heterocycles. The van der Waals surface area contributed by atoms with E-state index >= 15 is 0 Å². The Balaban J connectivity index is 1.64. The van der Waals surface area contributed by atoms with E-state index in [1.807, 2.05) is 12.1 Å². The van der Waals surface area contributed by atoms with Gasteiger partial charge in [0.25, 0.3) is 0 Å². The van der Waals surface area contributed by atoms with Gasteiger partial charge in [-0.05, 0) is 18.6 Å². The number of hydrogen-bond acceptors (Lipinski definition) is 4. The number of piperazine rings is 1. The zero-order valence-corrected chi connectivity index (χ0v) is 12.4. The van der Waals surface area contributed by atoms with Gasteiger partial charge >= 0.3 is 0 Å². The van der Waals surface area contributed by atoms with Crippen LogP contribution in [0.15, 0.2) is 48.7 Å². The molecule has 0 amide bonds. The average Bonchev–Trinajstić information content (AvgIpc) is 2.48. The van der Waals surface area contributed by atoms with Crippen LogP contribution in [0.25, 0.3) is 0 Å². The SMILES string of the molecule is CC1CN(Cc2ccccc2)CCN1c1ccnc(N)c1. The van der Waals surface area contributed by atoms with Crippen molar-refractivity contribution in [1.29, 1.82) is 0 Å². The topological polar surface area (TPSA) is 45.4 Å². The zero-order chi connectivity index (χ0) is 14.7. The van der Waals surface area contributed by atoms with Crippen molar-refractivity contribution in [3.63, 3.8) is 0 Å². The van der Waals surface area contributed by atoms with Crippen molar-refractivity contribution in [2.24, 2.45) is 0 Å². The maximum atomic E-state index is 5.79. The highest BCUT2D eigenvalue weighted by atomic mass is 15.3. The molecule has 1 atom stereocenters. The van der Waals surface area contributed by atoms with Crippen molar-refractivity contribution >= 4 is 11.5 Å². The molecule has 4 heteroatoms. The molecule has 3 rings (SSSR count). The Morgan fingerprint density at radius 3 is 2.71 bits per heavy atom. The first-order valence-electron chi connectivity index (χ1n) is 7.47. The number of aromatic nitrogens is 1. The smallest absolute Gasteiger partial charge is 0.125 e. The number of hydrogen-bond donors (Lipinski definition) is 1. The normalized spacial score (nSPS) is 19.7. The fraction of sp³-hybridized carbons (Fsp3) is 0.353. The summed E-state index contributed by atoms with van der Waals surface area (Å²) in [4.78, 5) is 9.00. The van der Waals surface area contributed by atoms with Gasteiger partial charge in [-0.25, -0.2) is 4.98 Å². The Kier molecular flexibility index (Phi) is 4.06. The molecule has 0 bridgehead atoms. The first-order chi connectivity index (χ1) is 10.2. The van der Waals surface area contributed by atoms with Gasteiger partial charge in [-0.2, -0.15) is 0 Å². The first-order valence-corrected chi connectivity index (χ1v) is 7.47. The molecular weight excluding hydrogens is 260 g/mol. The molecule has 0 spiro atoms. The van der Waals surface area contributed by atoms with E-state index < -0.39 is 0 Å². The van der Waals surface area contributed by atoms with Gasteiger partial charge in [0, 0.05) is 50.2 Å². The molecule has 4 nitrogen and oxygen atoms in total. The number of benzene rings is 1. The molecule has 1 fully saturated rings. The van der Waals surface area contributed by atoms with E-state index in [0.29, 0.717) is 11.9 Å². The third-order valence-electron chi connectivity index (χ3n) is 4.06. The molecule has 0 saturated carbocycles. The molecule has 1 aliphatic heterocycles. The Hall–Kier alpha value is -2.07. The molecular formula is C17H22N4. The van der Waals surface area contributed by atoms with Crippen LogP contribution in [0.1, 0.15) is 12.5 Å². The van der Waals surface area contributed by atoms with Crippen LogP contribution in [0.4, 0.5) is 11.5 Å². The minimum atomic E-state index is 0.476. The summed E-state index contributed by atoms with van der Waals surface area (Å²) in [5.41, 5.74) is 8.35. The molecule has 1 aromatic carbocycles. The summed E-state index contributed by atoms with van der Waals surface area (Å²) in [6.07, 6.45) is 1.79. The molecule has 21 heavy (non-hydrogen) atoms. The minimum Gasteiger partial charge on any atom is -0.384 e. The van der Waals surface area contributed by atoms with Gasteiger partial charge in [0.05, 0.1) is 0 Å². The zero-order valence-electron chi connectivity index (χ0n) is 12.4. The average molecular weight is 282 g/mol. The quantitative estimate of drug-likeness (QED) is 0.939. The second-order valence-electron chi connectivity index (χ2n) is 5.70. The summed E-state index contributed by atoms with van der Waals surface area (Å²) in [5, 5.41) is 0. The van der Waals surface area contributed by atoms with E-state index in [-0.39, 0.29) is 0 Å². The predicted octanol–water partition coefficient (Wildman–Crippen LogP) is 2.37. The van der Waals surface area contributed by atoms with E-state index in [1.165, 1.54) is 11.3 Å². The highest BCUT2D eigenvalue weighted by Crippen LogP contribution is 2.22. The molecule has 2 heterocycles. The summed E-state index contributed by atoms with van der Waals surface area (Å²) in [5.74, 6) is 0.589. The predicted molar refractivity (Wildman–Crippen MR) is 87.2 cm³/mol. The highest BCUT2D eigenvalue weighted by Gasteiger charge is 2.23. The van der Waals surface area contributed by atoms with Gasteiger partial charge in [-0.15, -0.1) is 0 Å². The Morgan fingerprint density at radius 2 is 2.00 bits per heavy atom. The van der Waals surface area contributed by atoms with Crippen molar-refractivity contribution in [2.75, 3.05) is 30.3 Å². The number of nitrogen functional groups attached to an aromatic ring is 1. The highest BCUT2D eigenvalue weighted by molar-refractivity contribution is 5.53. The maximum absolute atomic E-state index is 5.79. The third kappa shape index (κ3) is 3.34. The molecule has 0 radical (unpaired) electrons. The maximum Gasteiger partial charge on any atom is 0.125 e. The molecule has 110 valence electrons. The van der Waals surface area contributed by atoms with Crippen LogP contribution in [0.2, 0.25) is 0 Å². The Morgan fingerprint density at radius 1 is 1.19 bits per heavy atom. The minimum absolute atomic E-state index is 0.476. The van der Waals surface area contributed by atoms with E-state index in [1.54, 1.807) is 6.20 Å². The Labute approximate surface area is 126 Å². The molecule has 0 aliphatic carbocycles. The van der Waals surface area contributed by atoms with Crippen molar-refractivity contribution < 1.29 is 0 Å². The van der Waals surface area contributed by atoms with Crippen molar-refractivity contribution in [3.8, 4) is 0 Å². The summed E-state index contributed by atoms with van der Waals surface area (Å²) in [6.45, 7) is 6.46. The summed E-state index contributed by atoms with van der Waals surface area (Å²) < 4.78 is 0. The van der Waals surface area contributed by atoms with Gasteiger partial charge in [-0.3, -0.25) is 4.90 Å². The molecule has 2 aromatic rings. The number of anilines is 2. The van der Waals surface area contributed by atoms with Gasteiger partial charge in [0.15, 0.2) is 0 Å². The monoisotopic (exact) mass is 282 g/mol. The van der Waals surface area contributed by atoms with Crippen molar-refractivity contribution in [3.05, 3.63) is 54.2 Å². The van der Waals surface area contributed by atoms with Gasteiger partial charge < -0.3 is 10.6 Å². The van der Waals surface area contributed by atoms with Crippen LogP contribution in [-0.2, 0) is 6.54 Å². The van der Waals surface area contributed by atoms with E-state index in [2.05, 4.69) is 52.0 Å². The van der Waals surface area contributed by atoms with Crippen LogP contribution in [-0.4, -0.2) is 35.6 Å². The van der Waals surface area contributed by atoms with E-state index in [4.69, 9.17) is 5.73 Å². The summed E-state index contributed by atoms with van der Waals surface area (Å²) >= 11 is 0. The van der Waals surface area contributed by atoms with E-state index in [0.717, 1.165) is 26.2 Å². The Bertz CT molecular complexity index is 584. The van der Waals surface area contributed by atoms with Crippen molar-refractivity contribution in [1.82, 2.24) is 9.88 Å². The third-order valence-corrected chi connectivity index (χ3v) is 4.06. The molecule has 1 aliphatic rings. The molecule has 1 unspecified atom stereocenters. The van der Waals surface area contributed by atoms with Gasteiger partial charge in [0.2, 0.25) is 0 Å². The largest absolute Gasteiger partial charge is 0.384 e. The summed E-state index contributed by atoms with van der Waals surface area (Å²) in [6, 6.07) is 15.1. The number of nitrogens with zero attached hydrogens (tertiary/aromatic N) is 3. The fourth-order valence-corrected chi connectivity index (χ4v) is 3.02. The second kappa shape index (κ2) is 6.14. The standard InChI is InChI=1S/C17H22N4/c1-14-12-20(13-15-5-3-2-4-6-15)9-10-21(14)16-7-8-19-17(18)11-16/h2-8,11,14H,9-10,12-13H2,1H3,(H2,18,19). The van der Waals surface area contributed by atoms with Gasteiger partial charge in [0.1, 0.15) is 5.82 Å². The lowest BCUT2D eigenvalue weighted by molar-refractivity contribution is 0.221. The van der Waals surface area contributed by atoms with Crippen LogP contribution >= 0.6 is 0 Å². The molecule has 2 N–H and O–H groups in total. The van der Waals surface area contributed by atoms with Crippen molar-refractivity contribution in [2.45, 2.75) is 19.5 Å². The van der Waals surface area contributed by atoms with Gasteiger partial charge in [-0.1, -0.05) is 30.3 Å². The lowest BCUT2D eigenvalue weighted by Crippen LogP contribution is -2.51. The van der Waals surface area contributed by atoms with E-state index in [9.17, 15) is 0 Å². The lowest BCUT2D eigenvalue weighted by atomic mass is 10.1. The summed E-state index contributed by atoms with van der Waals surface area (Å²) in [7, 11) is 0. The number of nitrogens with two attached hydrogens (primary N) is 1. The van der Waals surface area contributed by atoms with Crippen LogP contribution in [0.5, 0.6) is 0 Å².